The van der Waals surface area contributed by atoms with Crippen molar-refractivity contribution in [2.75, 3.05) is 11.9 Å². The highest BCUT2D eigenvalue weighted by atomic mass is 32.2. The first-order valence-corrected chi connectivity index (χ1v) is 13.1. The zero-order valence-electron chi connectivity index (χ0n) is 17.4. The summed E-state index contributed by atoms with van der Waals surface area (Å²) in [5.74, 6) is 0.119. The van der Waals surface area contributed by atoms with Crippen molar-refractivity contribution in [3.8, 4) is 5.75 Å². The van der Waals surface area contributed by atoms with Crippen LogP contribution in [-0.2, 0) is 10.5 Å². The van der Waals surface area contributed by atoms with Crippen LogP contribution in [0, 0.1) is 0 Å². The number of thiophene rings is 1. The fourth-order valence-electron chi connectivity index (χ4n) is 3.90. The number of fused-ring (bicyclic) bond motifs is 1. The van der Waals surface area contributed by atoms with Crippen molar-refractivity contribution in [1.82, 2.24) is 15.1 Å². The van der Waals surface area contributed by atoms with Gasteiger partial charge in [0.1, 0.15) is 11.8 Å². The van der Waals surface area contributed by atoms with Gasteiger partial charge in [0.25, 0.3) is 5.91 Å². The number of carbonyl (C=O) groups is 2. The van der Waals surface area contributed by atoms with Crippen molar-refractivity contribution in [3.63, 3.8) is 0 Å². The number of hydrogen-bond acceptors (Lipinski definition) is 8. The topological polar surface area (TPSA) is 95.4 Å². The third-order valence-electron chi connectivity index (χ3n) is 5.50. The Balaban J connectivity index is 1.27. The first-order chi connectivity index (χ1) is 16.1. The highest BCUT2D eigenvalue weighted by molar-refractivity contribution is 8.00. The predicted octanol–water partition coefficient (Wildman–Crippen LogP) is 4.99. The van der Waals surface area contributed by atoms with Gasteiger partial charge in [0, 0.05) is 22.6 Å². The maximum atomic E-state index is 13.2. The zero-order valence-corrected chi connectivity index (χ0v) is 19.9. The molecular formula is C23H20N4O3S3. The van der Waals surface area contributed by atoms with Crippen molar-refractivity contribution in [3.05, 3.63) is 64.4 Å². The number of likely N-dealkylation sites (tertiary alicyclic amines) is 1. The normalized spacial score (nSPS) is 15.8. The van der Waals surface area contributed by atoms with Gasteiger partial charge in [-0.2, -0.15) is 0 Å². The second kappa shape index (κ2) is 9.50. The third-order valence-corrected chi connectivity index (χ3v) is 8.58. The molecule has 1 saturated heterocycles. The smallest absolute Gasteiger partial charge is 0.258 e. The molecule has 0 aliphatic carbocycles. The van der Waals surface area contributed by atoms with Gasteiger partial charge in [-0.1, -0.05) is 59.5 Å². The molecule has 0 radical (unpaired) electrons. The Morgan fingerprint density at radius 1 is 1.15 bits per heavy atom. The molecule has 10 heteroatoms. The fraction of sp³-hybridized carbons (Fsp3) is 0.217. The quantitative estimate of drug-likeness (QED) is 0.288. The van der Waals surface area contributed by atoms with Gasteiger partial charge in [0.05, 0.1) is 5.56 Å². The van der Waals surface area contributed by atoms with Crippen molar-refractivity contribution in [2.24, 2.45) is 0 Å². The molecule has 4 aromatic rings. The van der Waals surface area contributed by atoms with Gasteiger partial charge >= 0.3 is 0 Å². The number of carbonyl (C=O) groups excluding carboxylic acids is 2. The first kappa shape index (κ1) is 21.9. The zero-order chi connectivity index (χ0) is 22.8. The van der Waals surface area contributed by atoms with E-state index in [1.807, 2.05) is 35.7 Å². The van der Waals surface area contributed by atoms with Gasteiger partial charge in [-0.25, -0.2) is 0 Å². The van der Waals surface area contributed by atoms with Crippen molar-refractivity contribution in [1.29, 1.82) is 0 Å². The van der Waals surface area contributed by atoms with Crippen LogP contribution < -0.4 is 5.32 Å². The third kappa shape index (κ3) is 4.59. The average molecular weight is 497 g/mol. The van der Waals surface area contributed by atoms with E-state index in [9.17, 15) is 14.7 Å². The Morgan fingerprint density at radius 3 is 2.88 bits per heavy atom. The van der Waals surface area contributed by atoms with Crippen LogP contribution in [0.4, 0.5) is 5.13 Å². The van der Waals surface area contributed by atoms with Crippen molar-refractivity contribution in [2.45, 2.75) is 29.0 Å². The van der Waals surface area contributed by atoms with E-state index in [0.29, 0.717) is 23.5 Å². The second-order valence-corrected chi connectivity index (χ2v) is 10.8. The van der Waals surface area contributed by atoms with Gasteiger partial charge in [0.2, 0.25) is 11.0 Å². The van der Waals surface area contributed by atoms with Gasteiger partial charge in [-0.3, -0.25) is 14.9 Å². The van der Waals surface area contributed by atoms with E-state index < -0.39 is 6.04 Å². The number of rotatable bonds is 6. The molecule has 1 atom stereocenters. The number of thioether (sulfide) groups is 1. The summed E-state index contributed by atoms with van der Waals surface area (Å²) in [5.41, 5.74) is 0.205. The van der Waals surface area contributed by atoms with Crippen LogP contribution in [0.1, 0.15) is 28.1 Å². The van der Waals surface area contributed by atoms with Crippen LogP contribution in [0.3, 0.4) is 0 Å². The van der Waals surface area contributed by atoms with E-state index in [-0.39, 0.29) is 23.1 Å². The molecule has 33 heavy (non-hydrogen) atoms. The minimum atomic E-state index is -0.616. The molecule has 168 valence electrons. The number of benzene rings is 2. The summed E-state index contributed by atoms with van der Waals surface area (Å²) >= 11 is 4.59. The van der Waals surface area contributed by atoms with E-state index in [1.165, 1.54) is 21.1 Å². The minimum absolute atomic E-state index is 0.0549. The molecule has 1 unspecified atom stereocenters. The Bertz CT molecular complexity index is 1310. The summed E-state index contributed by atoms with van der Waals surface area (Å²) in [6.07, 6.45) is 1.28. The summed E-state index contributed by atoms with van der Waals surface area (Å²) in [4.78, 5) is 29.0. The van der Waals surface area contributed by atoms with Gasteiger partial charge < -0.3 is 10.0 Å². The summed E-state index contributed by atoms with van der Waals surface area (Å²) < 4.78 is 0.777. The molecule has 0 bridgehead atoms. The molecule has 2 amide bonds. The van der Waals surface area contributed by atoms with Crippen LogP contribution in [-0.4, -0.2) is 44.6 Å². The van der Waals surface area contributed by atoms with Crippen LogP contribution in [0.5, 0.6) is 5.75 Å². The molecule has 0 saturated carbocycles. The number of hydrogen-bond donors (Lipinski definition) is 2. The molecule has 1 aliphatic heterocycles. The van der Waals surface area contributed by atoms with Gasteiger partial charge in [-0.15, -0.1) is 21.5 Å². The standard InChI is InChI=1S/C23H20N4O3S3/c28-19-16-7-2-1-5-14(16)9-10-17(19)21(30)27-11-3-8-18(27)20(29)24-22-25-26-23(33-22)32-13-15-6-4-12-31-15/h1-2,4-7,9-10,12,18,28H,3,8,11,13H2,(H,24,25,29). The summed E-state index contributed by atoms with van der Waals surface area (Å²) in [7, 11) is 0. The maximum absolute atomic E-state index is 13.2. The molecule has 7 nitrogen and oxygen atoms in total. The lowest BCUT2D eigenvalue weighted by Gasteiger charge is -2.24. The number of nitrogens with zero attached hydrogens (tertiary/aromatic N) is 3. The molecule has 2 aromatic carbocycles. The number of aromatic nitrogens is 2. The van der Waals surface area contributed by atoms with E-state index in [1.54, 1.807) is 35.2 Å². The Hall–Kier alpha value is -2.95. The Kier molecular flexibility index (Phi) is 6.30. The lowest BCUT2D eigenvalue weighted by Crippen LogP contribution is -2.43. The molecule has 2 N–H and O–H groups in total. The highest BCUT2D eigenvalue weighted by Crippen LogP contribution is 2.33. The maximum Gasteiger partial charge on any atom is 0.258 e. The fourth-order valence-corrected chi connectivity index (χ4v) is 6.43. The van der Waals surface area contributed by atoms with Crippen molar-refractivity contribution >= 4 is 62.2 Å². The second-order valence-electron chi connectivity index (χ2n) is 7.57. The van der Waals surface area contributed by atoms with E-state index in [0.717, 1.165) is 21.9 Å². The van der Waals surface area contributed by atoms with Crippen LogP contribution in [0.15, 0.2) is 58.3 Å². The van der Waals surface area contributed by atoms with Crippen LogP contribution >= 0.6 is 34.4 Å². The molecule has 2 aromatic heterocycles. The summed E-state index contributed by atoms with van der Waals surface area (Å²) in [6, 6.07) is 14.2. The number of nitrogens with one attached hydrogen (secondary N) is 1. The molecule has 3 heterocycles. The lowest BCUT2D eigenvalue weighted by molar-refractivity contribution is -0.119. The number of phenols is 1. The largest absolute Gasteiger partial charge is 0.506 e. The average Bonchev–Trinajstić information content (AvgIpc) is 3.59. The molecular weight excluding hydrogens is 476 g/mol. The Labute approximate surface area is 202 Å². The minimum Gasteiger partial charge on any atom is -0.506 e. The highest BCUT2D eigenvalue weighted by Gasteiger charge is 2.36. The molecule has 5 rings (SSSR count). The predicted molar refractivity (Wildman–Crippen MR) is 132 cm³/mol. The van der Waals surface area contributed by atoms with E-state index in [2.05, 4.69) is 21.6 Å². The van der Waals surface area contributed by atoms with E-state index >= 15 is 0 Å². The molecule has 1 aliphatic rings. The monoisotopic (exact) mass is 496 g/mol. The lowest BCUT2D eigenvalue weighted by atomic mass is 10.0. The number of anilines is 1. The summed E-state index contributed by atoms with van der Waals surface area (Å²) in [5, 5.41) is 25.7. The van der Waals surface area contributed by atoms with Gasteiger partial charge in [0.15, 0.2) is 4.34 Å². The Morgan fingerprint density at radius 2 is 2.03 bits per heavy atom. The molecule has 0 spiro atoms. The number of phenolic OH excluding ortho intramolecular Hbond substituents is 1. The number of aromatic hydroxyl groups is 1. The van der Waals surface area contributed by atoms with E-state index in [4.69, 9.17) is 0 Å². The SMILES string of the molecule is O=C(Nc1nnc(SCc2cccs2)s1)C1CCCN1C(=O)c1ccc2ccccc2c1O. The van der Waals surface area contributed by atoms with Crippen LogP contribution in [0.2, 0.25) is 0 Å². The molecule has 1 fully saturated rings. The van der Waals surface area contributed by atoms with Crippen LogP contribution in [0.25, 0.3) is 10.8 Å². The number of amides is 2. The van der Waals surface area contributed by atoms with Crippen molar-refractivity contribution < 1.29 is 14.7 Å². The summed E-state index contributed by atoms with van der Waals surface area (Å²) in [6.45, 7) is 0.460. The van der Waals surface area contributed by atoms with Gasteiger partial charge in [-0.05, 0) is 35.7 Å². The first-order valence-electron chi connectivity index (χ1n) is 10.4.